The van der Waals surface area contributed by atoms with Gasteiger partial charge in [0.2, 0.25) is 17.7 Å². The molecule has 4 amide bonds. The topological polar surface area (TPSA) is 222 Å². The Labute approximate surface area is 520 Å². The number of aromatic hydroxyl groups is 1. The predicted octanol–water partition coefficient (Wildman–Crippen LogP) is 8.11. The van der Waals surface area contributed by atoms with E-state index in [0.29, 0.717) is 31.6 Å². The number of thiazole rings is 1. The van der Waals surface area contributed by atoms with E-state index in [0.717, 1.165) is 150 Å². The minimum absolute atomic E-state index is 0.0123. The van der Waals surface area contributed by atoms with E-state index in [4.69, 9.17) is 24.4 Å². The van der Waals surface area contributed by atoms with Crippen molar-refractivity contribution < 1.29 is 38.9 Å². The fourth-order valence-electron chi connectivity index (χ4n) is 14.4. The van der Waals surface area contributed by atoms with Crippen LogP contribution in [-0.4, -0.2) is 199 Å². The van der Waals surface area contributed by atoms with Gasteiger partial charge >= 0.3 is 12.1 Å². The van der Waals surface area contributed by atoms with Crippen molar-refractivity contribution >= 4 is 62.6 Å². The number of aliphatic hydroxyl groups is 1. The molecule has 1 aliphatic carbocycles. The van der Waals surface area contributed by atoms with Crippen LogP contribution in [0.1, 0.15) is 122 Å². The van der Waals surface area contributed by atoms with Crippen LogP contribution < -0.4 is 20.3 Å². The molecule has 5 fully saturated rings. The number of carbonyl (C=O) groups is 4. The molecule has 20 nitrogen and oxygen atoms in total. The third kappa shape index (κ3) is 12.8. The van der Waals surface area contributed by atoms with Gasteiger partial charge in [0.25, 0.3) is 0 Å². The molecular weight excluding hydrogens is 1130 g/mol. The maximum absolute atomic E-state index is 14.4. The van der Waals surface area contributed by atoms with Crippen molar-refractivity contribution in [2.75, 3.05) is 90.0 Å². The number of benzene rings is 3. The van der Waals surface area contributed by atoms with Crippen molar-refractivity contribution in [3.63, 3.8) is 0 Å². The number of phenolic OH excluding ortho intramolecular Hbond substituents is 1. The number of aromatic nitrogens is 4. The van der Waals surface area contributed by atoms with Gasteiger partial charge in [-0.25, -0.2) is 9.78 Å². The lowest BCUT2D eigenvalue weighted by Crippen LogP contribution is -2.59. The number of β-amino-alcohol motifs (C(OH)–C–C–N with tert-alkyl or cyclic N) is 1. The van der Waals surface area contributed by atoms with Crippen molar-refractivity contribution in [2.24, 2.45) is 11.3 Å². The standard InChI is InChI=1S/C67H86N12O8S/c1-39-50-12-10-11-45-29-48(80)30-51(56(45)50)57-55(39)58-52(32-68-57)61(77-34-46-17-18-47(35-77)79(46)65(85)87-67(7,8)9)73-64(72-58)86-28-27-74-21-19-42(20-22-74)33-75-23-25-76(26-24-75)37-54(82)71-60(66(4,5)6)63(84)78-36-49(81)31-53(78)62(83)70-40(2)43-13-15-44(16-14-43)59-41(3)69-38-88-59/h10-16,29-30,32,38-40,42,46-47,49,53,60,80-81H,17-28,31,33-37H2,1-9H3,(H,70,83)(H,71,82)/t39?,40-,46?,47?,49+,53-,60+/m0/s1. The van der Waals surface area contributed by atoms with Crippen LogP contribution in [0.5, 0.6) is 11.8 Å². The fraction of sp³-hybridized carbons (Fsp3) is 0.552. The molecule has 7 atom stereocenters. The first-order valence-electron chi connectivity index (χ1n) is 31.6. The zero-order valence-corrected chi connectivity index (χ0v) is 53.2. The SMILES string of the molecule is Cc1ncsc1-c1ccc([C@H](C)NC(=O)[C@@H]2C[C@@H](O)CN2C(=O)[C@@H](NC(=O)CN2CCN(CC3CCN(CCOc4nc(N5CC6CCC(C5)N6C(=O)OC(C)(C)C)c5cnc6c(c5n4)C(C)c4cccc5cc(O)cc-6c45)CC3)CC2)C(C)(C)C)cc1. The molecule has 3 aromatic heterocycles. The molecule has 8 heterocycles. The lowest BCUT2D eigenvalue weighted by Gasteiger charge is -2.42. The van der Waals surface area contributed by atoms with Crippen molar-refractivity contribution in [2.45, 2.75) is 142 Å². The highest BCUT2D eigenvalue weighted by molar-refractivity contribution is 7.13. The summed E-state index contributed by atoms with van der Waals surface area (Å²) in [6, 6.07) is 16.0. The number of carbonyl (C=O) groups excluding carboxylic acids is 4. The molecule has 468 valence electrons. The van der Waals surface area contributed by atoms with Gasteiger partial charge in [-0.15, -0.1) is 11.3 Å². The molecule has 3 unspecified atom stereocenters. The minimum atomic E-state index is -0.902. The van der Waals surface area contributed by atoms with Gasteiger partial charge in [-0.05, 0) is 124 Å². The Hall–Kier alpha value is -7.04. The van der Waals surface area contributed by atoms with Crippen LogP contribution in [0.2, 0.25) is 0 Å². The molecule has 5 saturated heterocycles. The number of aryl methyl sites for hydroxylation is 1. The number of rotatable bonds is 15. The quantitative estimate of drug-likeness (QED) is 0.0762. The van der Waals surface area contributed by atoms with E-state index in [1.54, 1.807) is 11.3 Å². The van der Waals surface area contributed by atoms with Gasteiger partial charge in [0.1, 0.15) is 35.9 Å². The van der Waals surface area contributed by atoms with Gasteiger partial charge in [0.05, 0.1) is 63.5 Å². The van der Waals surface area contributed by atoms with Crippen molar-refractivity contribution in [3.8, 4) is 33.5 Å². The summed E-state index contributed by atoms with van der Waals surface area (Å²) in [6.45, 7) is 26.1. The Morgan fingerprint density at radius 2 is 1.56 bits per heavy atom. The van der Waals surface area contributed by atoms with Gasteiger partial charge < -0.3 is 45.0 Å². The summed E-state index contributed by atoms with van der Waals surface area (Å²) in [5, 5.41) is 30.8. The van der Waals surface area contributed by atoms with E-state index >= 15 is 0 Å². The normalized spacial score (nSPS) is 22.7. The molecule has 5 aliphatic heterocycles. The highest BCUT2D eigenvalue weighted by Gasteiger charge is 2.47. The number of pyridine rings is 1. The second-order valence-electron chi connectivity index (χ2n) is 27.5. The smallest absolute Gasteiger partial charge is 0.410 e. The number of ether oxygens (including phenoxy) is 2. The lowest BCUT2D eigenvalue weighted by molar-refractivity contribution is -0.144. The Morgan fingerprint density at radius 3 is 2.24 bits per heavy atom. The van der Waals surface area contributed by atoms with E-state index in [-0.39, 0.29) is 73.1 Å². The molecule has 0 spiro atoms. The molecule has 6 aliphatic rings. The Morgan fingerprint density at radius 1 is 0.841 bits per heavy atom. The Bertz CT molecular complexity index is 3580. The first-order valence-corrected chi connectivity index (χ1v) is 32.5. The molecule has 88 heavy (non-hydrogen) atoms. The van der Waals surface area contributed by atoms with Gasteiger partial charge in [-0.3, -0.25) is 34.1 Å². The molecule has 12 rings (SSSR count). The summed E-state index contributed by atoms with van der Waals surface area (Å²) in [6.07, 6.45) is 4.76. The number of anilines is 1. The van der Waals surface area contributed by atoms with Gasteiger partial charge in [-0.2, -0.15) is 9.97 Å². The third-order valence-corrected chi connectivity index (χ3v) is 20.0. The molecule has 0 radical (unpaired) electrons. The molecule has 0 saturated carbocycles. The molecule has 4 N–H and O–H groups in total. The summed E-state index contributed by atoms with van der Waals surface area (Å²) < 4.78 is 12.5. The van der Waals surface area contributed by atoms with Gasteiger partial charge in [0, 0.05) is 88.6 Å². The minimum Gasteiger partial charge on any atom is -0.508 e. The van der Waals surface area contributed by atoms with E-state index in [9.17, 15) is 29.4 Å². The maximum atomic E-state index is 14.4. The number of nitrogens with one attached hydrogen (secondary N) is 2. The van der Waals surface area contributed by atoms with Crippen LogP contribution in [0.4, 0.5) is 10.6 Å². The third-order valence-electron chi connectivity index (χ3n) is 19.0. The average molecular weight is 1220 g/mol. The number of piperazine rings is 2. The zero-order valence-electron chi connectivity index (χ0n) is 52.4. The van der Waals surface area contributed by atoms with Crippen LogP contribution >= 0.6 is 11.3 Å². The highest BCUT2D eigenvalue weighted by atomic mass is 32.1. The Kier molecular flexibility index (Phi) is 17.2. The molecule has 21 heteroatoms. The van der Waals surface area contributed by atoms with E-state index in [1.807, 2.05) is 121 Å². The number of amides is 4. The number of piperidine rings is 1. The first-order chi connectivity index (χ1) is 42.0. The average Bonchev–Trinajstić information content (AvgIpc) is 0.854. The number of likely N-dealkylation sites (tertiary alicyclic amines) is 2. The zero-order chi connectivity index (χ0) is 61.9. The summed E-state index contributed by atoms with van der Waals surface area (Å²) in [5.74, 6) is 0.479. The van der Waals surface area contributed by atoms with E-state index < -0.39 is 29.2 Å². The molecule has 3 aromatic carbocycles. The fourth-order valence-corrected chi connectivity index (χ4v) is 15.2. The van der Waals surface area contributed by atoms with Crippen LogP contribution in [0.15, 0.2) is 66.3 Å². The Balaban J connectivity index is 0.633. The summed E-state index contributed by atoms with van der Waals surface area (Å²) in [5.41, 5.74) is 8.10. The van der Waals surface area contributed by atoms with Crippen LogP contribution in [0, 0.1) is 18.3 Å². The summed E-state index contributed by atoms with van der Waals surface area (Å²) in [4.78, 5) is 89.4. The predicted molar refractivity (Wildman–Crippen MR) is 340 cm³/mol. The van der Waals surface area contributed by atoms with Crippen LogP contribution in [-0.2, 0) is 19.1 Å². The van der Waals surface area contributed by atoms with Crippen molar-refractivity contribution in [1.29, 1.82) is 0 Å². The van der Waals surface area contributed by atoms with Crippen molar-refractivity contribution in [1.82, 2.24) is 55.1 Å². The number of phenols is 1. The summed E-state index contributed by atoms with van der Waals surface area (Å²) in [7, 11) is 0. The first kappa shape index (κ1) is 61.2. The van der Waals surface area contributed by atoms with Crippen LogP contribution in [0.3, 0.4) is 0 Å². The second-order valence-corrected chi connectivity index (χ2v) is 28.4. The number of aliphatic hydroxyl groups excluding tert-OH is 1. The molecule has 6 aromatic rings. The number of hydrogen-bond donors (Lipinski definition) is 4. The van der Waals surface area contributed by atoms with E-state index in [2.05, 4.69) is 48.2 Å². The molecular formula is C67H86N12O8S. The lowest BCUT2D eigenvalue weighted by atomic mass is 9.79. The number of hydrogen-bond acceptors (Lipinski definition) is 17. The molecule has 2 bridgehead atoms. The summed E-state index contributed by atoms with van der Waals surface area (Å²) >= 11 is 1.59. The van der Waals surface area contributed by atoms with E-state index in [1.165, 1.54) is 4.90 Å². The largest absolute Gasteiger partial charge is 0.508 e. The van der Waals surface area contributed by atoms with Crippen LogP contribution in [0.25, 0.3) is 43.4 Å². The monoisotopic (exact) mass is 1220 g/mol. The maximum Gasteiger partial charge on any atom is 0.410 e. The highest BCUT2D eigenvalue weighted by Crippen LogP contribution is 2.49. The second kappa shape index (κ2) is 24.7. The van der Waals surface area contributed by atoms with Gasteiger partial charge in [-0.1, -0.05) is 70.2 Å². The number of fused-ring (bicyclic) bond motifs is 6. The van der Waals surface area contributed by atoms with Gasteiger partial charge in [0.15, 0.2) is 0 Å². The number of nitrogens with zero attached hydrogens (tertiary/aromatic N) is 10. The van der Waals surface area contributed by atoms with Crippen molar-refractivity contribution in [3.05, 3.63) is 88.7 Å².